The molecule has 1 unspecified atom stereocenters. The standard InChI is InChI=1S/C24H26F3N5O2.NO2S/c1-17-28-30-32(29-17)15-20-13-21(24(25,26)27)9-7-19(20)8-10-23(33)31-12-11-18(14-31)16-34-22-5-3-2-4-6-22;1-4(2)3/h2-7,9,13,18H,8,10-12,14-16H2,1H3;/q;-1. The Bertz CT molecular complexity index is 1330. The summed E-state index contributed by atoms with van der Waals surface area (Å²) < 4.78 is 69.6. The van der Waals surface area contributed by atoms with Crippen LogP contribution in [0, 0.1) is 12.8 Å². The maximum absolute atomic E-state index is 13.2. The molecule has 0 radical (unpaired) electrons. The zero-order chi connectivity index (χ0) is 27.7. The summed E-state index contributed by atoms with van der Waals surface area (Å²) >= 11 is 0. The van der Waals surface area contributed by atoms with Crippen molar-refractivity contribution in [1.82, 2.24) is 25.1 Å². The molecule has 0 spiro atoms. The van der Waals surface area contributed by atoms with E-state index in [9.17, 15) is 18.0 Å². The summed E-state index contributed by atoms with van der Waals surface area (Å²) in [5, 5.41) is 11.7. The number of halogens is 3. The maximum atomic E-state index is 13.2. The number of carbonyl (C=O) groups is 1. The lowest BCUT2D eigenvalue weighted by Crippen LogP contribution is -2.29. The third-order valence-corrected chi connectivity index (χ3v) is 5.87. The molecule has 2 heterocycles. The molecule has 0 bridgehead atoms. The number of ether oxygens (including phenoxy) is 1. The second kappa shape index (κ2) is 13.1. The molecule has 1 aliphatic rings. The molecule has 0 aliphatic carbocycles. The van der Waals surface area contributed by atoms with Gasteiger partial charge in [0.2, 0.25) is 5.91 Å². The lowest BCUT2D eigenvalue weighted by Gasteiger charge is -2.18. The Morgan fingerprint density at radius 3 is 2.50 bits per heavy atom. The Labute approximate surface area is 218 Å². The van der Waals surface area contributed by atoms with E-state index in [0.717, 1.165) is 24.3 Å². The molecule has 38 heavy (non-hydrogen) atoms. The van der Waals surface area contributed by atoms with Crippen LogP contribution in [0.5, 0.6) is 5.75 Å². The third-order valence-electron chi connectivity index (χ3n) is 5.87. The highest BCUT2D eigenvalue weighted by molar-refractivity contribution is 7.63. The highest BCUT2D eigenvalue weighted by Gasteiger charge is 2.31. The van der Waals surface area contributed by atoms with Crippen molar-refractivity contribution in [2.24, 2.45) is 5.92 Å². The largest absolute Gasteiger partial charge is 0.686 e. The van der Waals surface area contributed by atoms with Gasteiger partial charge in [-0.1, -0.05) is 24.3 Å². The van der Waals surface area contributed by atoms with Gasteiger partial charge >= 0.3 is 6.18 Å². The normalized spacial score (nSPS) is 15.1. The van der Waals surface area contributed by atoms with E-state index < -0.39 is 22.2 Å². The average Bonchev–Trinajstić information content (AvgIpc) is 3.50. The van der Waals surface area contributed by atoms with Crippen LogP contribution in [-0.4, -0.2) is 59.1 Å². The molecule has 1 fully saturated rings. The van der Waals surface area contributed by atoms with Crippen molar-refractivity contribution in [2.45, 2.75) is 38.9 Å². The van der Waals surface area contributed by atoms with Crippen molar-refractivity contribution in [3.05, 3.63) is 75.8 Å². The van der Waals surface area contributed by atoms with E-state index in [4.69, 9.17) is 17.9 Å². The Morgan fingerprint density at radius 2 is 1.87 bits per heavy atom. The number of tetrazole rings is 1. The fourth-order valence-electron chi connectivity index (χ4n) is 4.06. The zero-order valence-corrected chi connectivity index (χ0v) is 21.3. The van der Waals surface area contributed by atoms with Gasteiger partial charge in [-0.05, 0) is 60.4 Å². The molecule has 1 saturated heterocycles. The molecular weight excluding hydrogens is 525 g/mol. The minimum Gasteiger partial charge on any atom is -0.686 e. The van der Waals surface area contributed by atoms with Crippen LogP contribution in [0.1, 0.15) is 35.4 Å². The second-order valence-electron chi connectivity index (χ2n) is 8.68. The Morgan fingerprint density at radius 1 is 1.16 bits per heavy atom. The van der Waals surface area contributed by atoms with Crippen LogP contribution in [0.4, 0.5) is 13.2 Å². The Hall–Kier alpha value is -3.81. The van der Waals surface area contributed by atoms with Crippen molar-refractivity contribution >= 4 is 16.4 Å². The van der Waals surface area contributed by atoms with Gasteiger partial charge in [-0.2, -0.15) is 18.0 Å². The number of likely N-dealkylation sites (tertiary alicyclic amines) is 1. The van der Waals surface area contributed by atoms with Crippen LogP contribution in [0.2, 0.25) is 0 Å². The molecule has 1 aromatic heterocycles. The molecular formula is C24H26F3N6O4S-. The molecule has 1 atom stereocenters. The molecule has 4 rings (SSSR count). The summed E-state index contributed by atoms with van der Waals surface area (Å²) in [6, 6.07) is 13.1. The highest BCUT2D eigenvalue weighted by Crippen LogP contribution is 2.31. The quantitative estimate of drug-likeness (QED) is 0.419. The van der Waals surface area contributed by atoms with Crippen molar-refractivity contribution in [2.75, 3.05) is 19.7 Å². The first-order valence-corrected chi connectivity index (χ1v) is 12.7. The number of hydrogen-bond donors (Lipinski definition) is 0. The molecule has 3 aromatic rings. The molecule has 2 aromatic carbocycles. The van der Waals surface area contributed by atoms with Gasteiger partial charge in [0, 0.05) is 25.4 Å². The van der Waals surface area contributed by atoms with Gasteiger partial charge in [-0.3, -0.25) is 4.79 Å². The molecule has 0 N–H and O–H groups in total. The molecule has 10 nitrogen and oxygen atoms in total. The topological polar surface area (TPSA) is 130 Å². The number of aryl methyl sites for hydroxylation is 2. The van der Waals surface area contributed by atoms with Gasteiger partial charge in [0.25, 0.3) is 0 Å². The van der Waals surface area contributed by atoms with E-state index in [0.29, 0.717) is 43.1 Å². The fraction of sp³-hybridized carbons (Fsp3) is 0.417. The van der Waals surface area contributed by atoms with Crippen LogP contribution in [0.25, 0.3) is 4.78 Å². The van der Waals surface area contributed by atoms with E-state index >= 15 is 0 Å². The first kappa shape index (κ1) is 28.8. The Kier molecular flexibility index (Phi) is 9.93. The number of benzene rings is 2. The van der Waals surface area contributed by atoms with Crippen LogP contribution in [0.15, 0.2) is 48.5 Å². The lowest BCUT2D eigenvalue weighted by molar-refractivity contribution is -0.137. The molecule has 14 heteroatoms. The smallest absolute Gasteiger partial charge is 0.416 e. The molecule has 204 valence electrons. The number of para-hydroxylation sites is 1. The number of hydrogen-bond acceptors (Lipinski definition) is 7. The van der Waals surface area contributed by atoms with E-state index in [-0.39, 0.29) is 24.8 Å². The van der Waals surface area contributed by atoms with Gasteiger partial charge in [-0.25, -0.2) is 8.42 Å². The van der Waals surface area contributed by atoms with E-state index in [1.807, 2.05) is 35.2 Å². The van der Waals surface area contributed by atoms with Gasteiger partial charge in [0.15, 0.2) is 5.82 Å². The first-order valence-electron chi connectivity index (χ1n) is 11.7. The van der Waals surface area contributed by atoms with Gasteiger partial charge in [-0.15, -0.1) is 10.2 Å². The lowest BCUT2D eigenvalue weighted by atomic mass is 9.99. The monoisotopic (exact) mass is 551 g/mol. The van der Waals surface area contributed by atoms with E-state index in [1.165, 1.54) is 10.9 Å². The number of aromatic nitrogens is 4. The first-order chi connectivity index (χ1) is 18.0. The number of carbonyl (C=O) groups excluding carboxylic acids is 1. The minimum atomic E-state index is -4.46. The fourth-order valence-corrected chi connectivity index (χ4v) is 4.06. The van der Waals surface area contributed by atoms with E-state index in [2.05, 4.69) is 15.4 Å². The maximum Gasteiger partial charge on any atom is 0.416 e. The second-order valence-corrected chi connectivity index (χ2v) is 9.12. The summed E-state index contributed by atoms with van der Waals surface area (Å²) in [5.74, 6) is 1.48. The van der Waals surface area contributed by atoms with Crippen molar-refractivity contribution in [3.8, 4) is 5.75 Å². The highest BCUT2D eigenvalue weighted by atomic mass is 32.2. The number of nitrogens with zero attached hydrogens (tertiary/aromatic N) is 6. The number of amides is 1. The average molecular weight is 552 g/mol. The summed E-state index contributed by atoms with van der Waals surface area (Å²) in [6.45, 7) is 3.53. The summed E-state index contributed by atoms with van der Waals surface area (Å²) in [6.07, 6.45) is -3.04. The van der Waals surface area contributed by atoms with Gasteiger partial charge < -0.3 is 14.4 Å². The summed E-state index contributed by atoms with van der Waals surface area (Å²) in [4.78, 5) is 15.9. The van der Waals surface area contributed by atoms with Crippen LogP contribution < -0.4 is 4.74 Å². The van der Waals surface area contributed by atoms with Crippen LogP contribution >= 0.6 is 0 Å². The predicted octanol–water partition coefficient (Wildman–Crippen LogP) is 3.53. The van der Waals surface area contributed by atoms with E-state index in [1.54, 1.807) is 6.92 Å². The summed E-state index contributed by atoms with van der Waals surface area (Å²) in [7, 11) is -2.86. The van der Waals surface area contributed by atoms with Gasteiger partial charge in [0.1, 0.15) is 16.3 Å². The van der Waals surface area contributed by atoms with Crippen LogP contribution in [-0.2, 0) is 34.4 Å². The molecule has 0 saturated carbocycles. The number of rotatable bonds is 8. The van der Waals surface area contributed by atoms with Crippen molar-refractivity contribution < 1.29 is 31.1 Å². The summed E-state index contributed by atoms with van der Waals surface area (Å²) in [5.41, 5.74) is 0.352. The van der Waals surface area contributed by atoms with Crippen molar-refractivity contribution in [1.29, 1.82) is 0 Å². The SMILES string of the molecule is Cc1nnn(Cc2cc(C(F)(F)F)ccc2CCC(=O)N2CCC(COc3ccccc3)C2)n1.[N-]=S(=O)=O. The Balaban J connectivity index is 0.000000934. The molecule has 1 amide bonds. The van der Waals surface area contributed by atoms with Crippen molar-refractivity contribution in [3.63, 3.8) is 0 Å². The van der Waals surface area contributed by atoms with Gasteiger partial charge in [0.05, 0.1) is 18.7 Å². The third kappa shape index (κ3) is 8.94. The van der Waals surface area contributed by atoms with Crippen LogP contribution in [0.3, 0.4) is 0 Å². The zero-order valence-electron chi connectivity index (χ0n) is 20.5. The number of alkyl halides is 3. The minimum absolute atomic E-state index is 0.0113. The predicted molar refractivity (Wildman–Crippen MR) is 130 cm³/mol. The molecule has 1 aliphatic heterocycles.